The minimum Gasteiger partial charge on any atom is -0.493 e. The van der Waals surface area contributed by atoms with E-state index in [1.807, 2.05) is 36.4 Å². The lowest BCUT2D eigenvalue weighted by molar-refractivity contribution is 0.103. The van der Waals surface area contributed by atoms with Crippen LogP contribution in [-0.2, 0) is 0 Å². The zero-order chi connectivity index (χ0) is 18.6. The minimum absolute atomic E-state index is 0.186. The van der Waals surface area contributed by atoms with Gasteiger partial charge in [0.2, 0.25) is 11.7 Å². The van der Waals surface area contributed by atoms with Crippen LogP contribution in [0.5, 0.6) is 17.4 Å². The SMILES string of the molecule is COc1ccc(C(=O)c2ccc3ccccc3n2)cc1Oc1ccccn1. The van der Waals surface area contributed by atoms with E-state index in [-0.39, 0.29) is 5.78 Å². The molecule has 0 aliphatic heterocycles. The molecule has 0 amide bonds. The van der Waals surface area contributed by atoms with E-state index in [0.29, 0.717) is 28.6 Å². The van der Waals surface area contributed by atoms with Gasteiger partial charge in [0.15, 0.2) is 11.5 Å². The number of ether oxygens (including phenoxy) is 2. The van der Waals surface area contributed by atoms with Crippen LogP contribution in [0.15, 0.2) is 79.0 Å². The van der Waals surface area contributed by atoms with Crippen molar-refractivity contribution in [3.05, 3.63) is 90.3 Å². The van der Waals surface area contributed by atoms with Crippen molar-refractivity contribution in [1.29, 1.82) is 0 Å². The zero-order valence-corrected chi connectivity index (χ0v) is 14.6. The molecule has 5 heteroatoms. The molecule has 132 valence electrons. The van der Waals surface area contributed by atoms with Crippen molar-refractivity contribution >= 4 is 16.7 Å². The van der Waals surface area contributed by atoms with E-state index >= 15 is 0 Å². The Kier molecular flexibility index (Phi) is 4.49. The highest BCUT2D eigenvalue weighted by Gasteiger charge is 2.15. The number of benzene rings is 2. The Balaban J connectivity index is 1.69. The first-order valence-corrected chi connectivity index (χ1v) is 8.42. The second-order valence-corrected chi connectivity index (χ2v) is 5.85. The van der Waals surface area contributed by atoms with Crippen molar-refractivity contribution in [2.45, 2.75) is 0 Å². The number of carbonyl (C=O) groups excluding carboxylic acids is 1. The quantitative estimate of drug-likeness (QED) is 0.487. The molecule has 27 heavy (non-hydrogen) atoms. The smallest absolute Gasteiger partial charge is 0.219 e. The number of fused-ring (bicyclic) bond motifs is 1. The second-order valence-electron chi connectivity index (χ2n) is 5.85. The summed E-state index contributed by atoms with van der Waals surface area (Å²) in [7, 11) is 1.55. The fourth-order valence-electron chi connectivity index (χ4n) is 2.76. The number of hydrogen-bond acceptors (Lipinski definition) is 5. The average molecular weight is 356 g/mol. The van der Waals surface area contributed by atoms with Crippen LogP contribution in [-0.4, -0.2) is 22.9 Å². The molecule has 0 N–H and O–H groups in total. The van der Waals surface area contributed by atoms with Gasteiger partial charge in [0.05, 0.1) is 12.6 Å². The highest BCUT2D eigenvalue weighted by atomic mass is 16.5. The van der Waals surface area contributed by atoms with Crippen LogP contribution in [0.3, 0.4) is 0 Å². The fourth-order valence-corrected chi connectivity index (χ4v) is 2.76. The van der Waals surface area contributed by atoms with E-state index in [0.717, 1.165) is 10.9 Å². The van der Waals surface area contributed by atoms with E-state index in [1.165, 1.54) is 0 Å². The van der Waals surface area contributed by atoms with E-state index < -0.39 is 0 Å². The lowest BCUT2D eigenvalue weighted by Gasteiger charge is -2.11. The molecule has 2 aromatic heterocycles. The molecule has 0 spiro atoms. The average Bonchev–Trinajstić information content (AvgIpc) is 2.73. The maximum Gasteiger partial charge on any atom is 0.219 e. The van der Waals surface area contributed by atoms with Crippen LogP contribution in [0, 0.1) is 0 Å². The molecular formula is C22H16N2O3. The number of para-hydroxylation sites is 1. The van der Waals surface area contributed by atoms with Gasteiger partial charge < -0.3 is 9.47 Å². The molecule has 0 bridgehead atoms. The number of methoxy groups -OCH3 is 1. The Morgan fingerprint density at radius 3 is 2.56 bits per heavy atom. The molecule has 2 heterocycles. The summed E-state index contributed by atoms with van der Waals surface area (Å²) < 4.78 is 11.1. The number of carbonyl (C=O) groups is 1. The lowest BCUT2D eigenvalue weighted by Crippen LogP contribution is -2.05. The third kappa shape index (κ3) is 3.48. The van der Waals surface area contributed by atoms with Gasteiger partial charge >= 0.3 is 0 Å². The largest absolute Gasteiger partial charge is 0.493 e. The number of rotatable bonds is 5. The van der Waals surface area contributed by atoms with Crippen molar-refractivity contribution < 1.29 is 14.3 Å². The molecule has 0 saturated heterocycles. The van der Waals surface area contributed by atoms with E-state index in [9.17, 15) is 4.79 Å². The zero-order valence-electron chi connectivity index (χ0n) is 14.6. The normalized spacial score (nSPS) is 10.6. The van der Waals surface area contributed by atoms with Gasteiger partial charge in [0.1, 0.15) is 5.69 Å². The Bertz CT molecular complexity index is 1110. The standard InChI is InChI=1S/C22H16N2O3/c1-26-19-12-10-16(14-20(19)27-21-8-4-5-13-23-21)22(25)18-11-9-15-6-2-3-7-17(15)24-18/h2-14H,1H3. The molecule has 4 aromatic rings. The highest BCUT2D eigenvalue weighted by Crippen LogP contribution is 2.32. The Labute approximate surface area is 156 Å². The van der Waals surface area contributed by atoms with Gasteiger partial charge in [0, 0.05) is 23.2 Å². The van der Waals surface area contributed by atoms with Crippen molar-refractivity contribution in [3.63, 3.8) is 0 Å². The molecule has 0 radical (unpaired) electrons. The lowest BCUT2D eigenvalue weighted by atomic mass is 10.1. The molecule has 0 fully saturated rings. The number of nitrogens with zero attached hydrogens (tertiary/aromatic N) is 2. The summed E-state index contributed by atoms with van der Waals surface area (Å²) in [6, 6.07) is 21.7. The highest BCUT2D eigenvalue weighted by molar-refractivity contribution is 6.09. The van der Waals surface area contributed by atoms with Crippen molar-refractivity contribution in [1.82, 2.24) is 9.97 Å². The van der Waals surface area contributed by atoms with Gasteiger partial charge in [0.25, 0.3) is 0 Å². The first-order chi connectivity index (χ1) is 13.2. The van der Waals surface area contributed by atoms with Gasteiger partial charge in [-0.1, -0.05) is 30.3 Å². The van der Waals surface area contributed by atoms with E-state index in [1.54, 1.807) is 49.7 Å². The van der Waals surface area contributed by atoms with Crippen molar-refractivity contribution in [2.75, 3.05) is 7.11 Å². The van der Waals surface area contributed by atoms with E-state index in [4.69, 9.17) is 9.47 Å². The second kappa shape index (κ2) is 7.25. The third-order valence-corrected chi connectivity index (χ3v) is 4.11. The predicted octanol–water partition coefficient (Wildman–Crippen LogP) is 4.66. The first-order valence-electron chi connectivity index (χ1n) is 8.42. The third-order valence-electron chi connectivity index (χ3n) is 4.11. The fraction of sp³-hybridized carbons (Fsp3) is 0.0455. The maximum atomic E-state index is 12.9. The summed E-state index contributed by atoms with van der Waals surface area (Å²) in [5.41, 5.74) is 1.62. The number of aromatic nitrogens is 2. The van der Waals surface area contributed by atoms with Crippen molar-refractivity contribution in [2.24, 2.45) is 0 Å². The van der Waals surface area contributed by atoms with Gasteiger partial charge in [-0.25, -0.2) is 9.97 Å². The molecule has 2 aromatic carbocycles. The van der Waals surface area contributed by atoms with Crippen LogP contribution in [0.4, 0.5) is 0 Å². The number of pyridine rings is 2. The van der Waals surface area contributed by atoms with Gasteiger partial charge in [-0.05, 0) is 36.4 Å². The van der Waals surface area contributed by atoms with Crippen LogP contribution in [0.1, 0.15) is 16.1 Å². The predicted molar refractivity (Wildman–Crippen MR) is 102 cm³/mol. The molecule has 0 atom stereocenters. The van der Waals surface area contributed by atoms with Crippen LogP contribution in [0.25, 0.3) is 10.9 Å². The molecule has 0 saturated carbocycles. The maximum absolute atomic E-state index is 12.9. The van der Waals surface area contributed by atoms with E-state index in [2.05, 4.69) is 9.97 Å². The van der Waals surface area contributed by atoms with Gasteiger partial charge in [-0.3, -0.25) is 4.79 Å². The minimum atomic E-state index is -0.186. The van der Waals surface area contributed by atoms with Crippen LogP contribution < -0.4 is 9.47 Å². The van der Waals surface area contributed by atoms with Gasteiger partial charge in [-0.2, -0.15) is 0 Å². The Hall–Kier alpha value is -3.73. The monoisotopic (exact) mass is 356 g/mol. The topological polar surface area (TPSA) is 61.3 Å². The molecule has 0 unspecified atom stereocenters. The first kappa shape index (κ1) is 16.7. The molecular weight excluding hydrogens is 340 g/mol. The summed E-state index contributed by atoms with van der Waals surface area (Å²) in [5.74, 6) is 1.17. The molecule has 5 nitrogen and oxygen atoms in total. The summed E-state index contributed by atoms with van der Waals surface area (Å²) >= 11 is 0. The Morgan fingerprint density at radius 2 is 1.74 bits per heavy atom. The summed E-state index contributed by atoms with van der Waals surface area (Å²) in [4.78, 5) is 21.5. The molecule has 0 aliphatic rings. The molecule has 4 rings (SSSR count). The Morgan fingerprint density at radius 1 is 0.889 bits per heavy atom. The van der Waals surface area contributed by atoms with Crippen molar-refractivity contribution in [3.8, 4) is 17.4 Å². The summed E-state index contributed by atoms with van der Waals surface area (Å²) in [5, 5.41) is 0.989. The summed E-state index contributed by atoms with van der Waals surface area (Å²) in [6.45, 7) is 0. The number of hydrogen-bond donors (Lipinski definition) is 0. The summed E-state index contributed by atoms with van der Waals surface area (Å²) in [6.07, 6.45) is 1.63. The van der Waals surface area contributed by atoms with Crippen LogP contribution in [0.2, 0.25) is 0 Å². The molecule has 0 aliphatic carbocycles. The van der Waals surface area contributed by atoms with Crippen LogP contribution >= 0.6 is 0 Å². The van der Waals surface area contributed by atoms with Gasteiger partial charge in [-0.15, -0.1) is 0 Å². The number of ketones is 1.